The number of H-pyrrole nitrogens is 1. The van der Waals surface area contributed by atoms with E-state index in [1.165, 1.54) is 6.07 Å². The fourth-order valence-electron chi connectivity index (χ4n) is 2.17. The predicted molar refractivity (Wildman–Crippen MR) is 80.9 cm³/mol. The van der Waals surface area contributed by atoms with Crippen molar-refractivity contribution >= 4 is 39.2 Å². The maximum Gasteiger partial charge on any atom is 0.182 e. The minimum Gasteiger partial charge on any atom is -0.330 e. The summed E-state index contributed by atoms with van der Waals surface area (Å²) < 4.78 is 16.7. The smallest absolute Gasteiger partial charge is 0.182 e. The summed E-state index contributed by atoms with van der Waals surface area (Å²) in [5.74, 6) is -0.298. The van der Waals surface area contributed by atoms with Gasteiger partial charge in [0.15, 0.2) is 4.77 Å². The SMILES string of the molecule is Cc1cc(Br)c(F)cc1-n1c(=S)[nH]c2ccccc21. The van der Waals surface area contributed by atoms with Crippen LogP contribution in [-0.2, 0) is 0 Å². The lowest BCUT2D eigenvalue weighted by Crippen LogP contribution is -1.98. The molecule has 1 N–H and O–H groups in total. The van der Waals surface area contributed by atoms with Gasteiger partial charge in [0, 0.05) is 0 Å². The van der Waals surface area contributed by atoms with Crippen LogP contribution in [0.15, 0.2) is 40.9 Å². The zero-order chi connectivity index (χ0) is 13.6. The third-order valence-electron chi connectivity index (χ3n) is 3.07. The third-order valence-corrected chi connectivity index (χ3v) is 3.96. The van der Waals surface area contributed by atoms with Crippen LogP contribution in [0.2, 0.25) is 0 Å². The van der Waals surface area contributed by atoms with Gasteiger partial charge in [0.2, 0.25) is 0 Å². The first kappa shape index (κ1) is 12.6. The summed E-state index contributed by atoms with van der Waals surface area (Å²) >= 11 is 8.54. The molecule has 3 rings (SSSR count). The molecule has 0 spiro atoms. The van der Waals surface area contributed by atoms with Crippen LogP contribution in [0.1, 0.15) is 5.56 Å². The molecule has 2 aromatic carbocycles. The zero-order valence-electron chi connectivity index (χ0n) is 10.1. The van der Waals surface area contributed by atoms with Crippen molar-refractivity contribution in [3.8, 4) is 5.69 Å². The van der Waals surface area contributed by atoms with E-state index in [9.17, 15) is 4.39 Å². The lowest BCUT2D eigenvalue weighted by Gasteiger charge is -2.09. The van der Waals surface area contributed by atoms with Crippen molar-refractivity contribution < 1.29 is 4.39 Å². The van der Waals surface area contributed by atoms with Crippen molar-refractivity contribution in [1.29, 1.82) is 0 Å². The summed E-state index contributed by atoms with van der Waals surface area (Å²) in [6.45, 7) is 1.93. The van der Waals surface area contributed by atoms with Gasteiger partial charge >= 0.3 is 0 Å². The van der Waals surface area contributed by atoms with Crippen LogP contribution in [0, 0.1) is 17.5 Å². The van der Waals surface area contributed by atoms with E-state index in [-0.39, 0.29) is 5.82 Å². The summed E-state index contributed by atoms with van der Waals surface area (Å²) in [6, 6.07) is 11.0. The Morgan fingerprint density at radius 1 is 1.26 bits per heavy atom. The van der Waals surface area contributed by atoms with E-state index in [1.807, 2.05) is 35.8 Å². The number of para-hydroxylation sites is 2. The lowest BCUT2D eigenvalue weighted by molar-refractivity contribution is 0.619. The molecule has 0 fully saturated rings. The van der Waals surface area contributed by atoms with Crippen LogP contribution in [-0.4, -0.2) is 9.55 Å². The Morgan fingerprint density at radius 2 is 2.00 bits per heavy atom. The van der Waals surface area contributed by atoms with Crippen molar-refractivity contribution in [2.75, 3.05) is 0 Å². The summed E-state index contributed by atoms with van der Waals surface area (Å²) in [6.07, 6.45) is 0. The van der Waals surface area contributed by atoms with E-state index in [2.05, 4.69) is 20.9 Å². The van der Waals surface area contributed by atoms with Gasteiger partial charge in [-0.3, -0.25) is 4.57 Å². The average Bonchev–Trinajstić information content (AvgIpc) is 2.70. The first-order valence-corrected chi connectivity index (χ1v) is 6.94. The molecule has 1 heterocycles. The highest BCUT2D eigenvalue weighted by Crippen LogP contribution is 2.26. The monoisotopic (exact) mass is 336 g/mol. The molecule has 0 aliphatic heterocycles. The number of aromatic amines is 1. The molecular weight excluding hydrogens is 327 g/mol. The fraction of sp³-hybridized carbons (Fsp3) is 0.0714. The molecule has 0 saturated carbocycles. The number of aryl methyl sites for hydroxylation is 1. The molecule has 1 aromatic heterocycles. The highest BCUT2D eigenvalue weighted by molar-refractivity contribution is 9.10. The third kappa shape index (κ3) is 2.03. The predicted octanol–water partition coefficient (Wildman–Crippen LogP) is 4.90. The molecule has 0 aliphatic rings. The largest absolute Gasteiger partial charge is 0.330 e. The molecule has 96 valence electrons. The summed E-state index contributed by atoms with van der Waals surface area (Å²) in [5.41, 5.74) is 3.59. The zero-order valence-corrected chi connectivity index (χ0v) is 12.5. The average molecular weight is 337 g/mol. The molecule has 0 aliphatic carbocycles. The Morgan fingerprint density at radius 3 is 2.79 bits per heavy atom. The number of hydrogen-bond acceptors (Lipinski definition) is 1. The first-order chi connectivity index (χ1) is 9.08. The van der Waals surface area contributed by atoms with E-state index < -0.39 is 0 Å². The van der Waals surface area contributed by atoms with Gasteiger partial charge in [-0.1, -0.05) is 12.1 Å². The van der Waals surface area contributed by atoms with Gasteiger partial charge in [0.25, 0.3) is 0 Å². The van der Waals surface area contributed by atoms with Gasteiger partial charge in [-0.15, -0.1) is 0 Å². The van der Waals surface area contributed by atoms with Crippen molar-refractivity contribution in [3.05, 3.63) is 57.0 Å². The second kappa shape index (κ2) is 4.58. The van der Waals surface area contributed by atoms with Crippen LogP contribution in [0.5, 0.6) is 0 Å². The molecule has 0 atom stereocenters. The Balaban J connectivity index is 2.40. The highest BCUT2D eigenvalue weighted by atomic mass is 79.9. The number of imidazole rings is 1. The van der Waals surface area contributed by atoms with Crippen LogP contribution in [0.4, 0.5) is 4.39 Å². The standard InChI is InChI=1S/C14H10BrFN2S/c1-8-6-9(15)10(16)7-13(8)18-12-5-3-2-4-11(12)17-14(18)19/h2-7H,1H3,(H,17,19). The molecule has 0 unspecified atom stereocenters. The normalized spacial score (nSPS) is 11.1. The van der Waals surface area contributed by atoms with Gasteiger partial charge in [-0.25, -0.2) is 4.39 Å². The lowest BCUT2D eigenvalue weighted by atomic mass is 10.2. The minimum absolute atomic E-state index is 0.298. The van der Waals surface area contributed by atoms with E-state index in [0.717, 1.165) is 22.3 Å². The summed E-state index contributed by atoms with van der Waals surface area (Å²) in [4.78, 5) is 3.13. The topological polar surface area (TPSA) is 20.7 Å². The van der Waals surface area contributed by atoms with Gasteiger partial charge in [0.1, 0.15) is 5.82 Å². The molecule has 0 amide bonds. The minimum atomic E-state index is -0.298. The molecule has 0 saturated heterocycles. The van der Waals surface area contributed by atoms with Gasteiger partial charge in [-0.2, -0.15) is 0 Å². The van der Waals surface area contributed by atoms with Crippen LogP contribution in [0.3, 0.4) is 0 Å². The second-order valence-corrected chi connectivity index (χ2v) is 5.58. The second-order valence-electron chi connectivity index (χ2n) is 4.34. The van der Waals surface area contributed by atoms with E-state index in [1.54, 1.807) is 6.07 Å². The van der Waals surface area contributed by atoms with E-state index in [4.69, 9.17) is 12.2 Å². The molecule has 2 nitrogen and oxygen atoms in total. The molecule has 3 aromatic rings. The van der Waals surface area contributed by atoms with Crippen LogP contribution >= 0.6 is 28.1 Å². The number of halogens is 2. The maximum absolute atomic E-state index is 13.8. The molecule has 0 bridgehead atoms. The van der Waals surface area contributed by atoms with Crippen molar-refractivity contribution in [1.82, 2.24) is 9.55 Å². The summed E-state index contributed by atoms with van der Waals surface area (Å²) in [7, 11) is 0. The highest BCUT2D eigenvalue weighted by Gasteiger charge is 2.11. The number of benzene rings is 2. The Labute approximate surface area is 123 Å². The van der Waals surface area contributed by atoms with Gasteiger partial charge in [-0.05, 0) is 64.9 Å². The quantitative estimate of drug-likeness (QED) is 0.627. The van der Waals surface area contributed by atoms with Gasteiger partial charge in [0.05, 0.1) is 21.2 Å². The van der Waals surface area contributed by atoms with Crippen LogP contribution in [0.25, 0.3) is 16.7 Å². The van der Waals surface area contributed by atoms with Gasteiger partial charge < -0.3 is 4.98 Å². The Hall–Kier alpha value is -1.46. The Bertz CT molecular complexity index is 835. The number of rotatable bonds is 1. The number of nitrogens with one attached hydrogen (secondary N) is 1. The summed E-state index contributed by atoms with van der Waals surface area (Å²) in [5, 5.41) is 0. The number of nitrogens with zero attached hydrogens (tertiary/aromatic N) is 1. The number of aromatic nitrogens is 2. The Kier molecular flexibility index (Phi) is 3.03. The number of fused-ring (bicyclic) bond motifs is 1. The maximum atomic E-state index is 13.8. The first-order valence-electron chi connectivity index (χ1n) is 5.73. The molecule has 19 heavy (non-hydrogen) atoms. The van der Waals surface area contributed by atoms with Crippen molar-refractivity contribution in [2.24, 2.45) is 0 Å². The molecule has 0 radical (unpaired) electrons. The van der Waals surface area contributed by atoms with Crippen molar-refractivity contribution in [3.63, 3.8) is 0 Å². The van der Waals surface area contributed by atoms with Crippen molar-refractivity contribution in [2.45, 2.75) is 6.92 Å². The number of hydrogen-bond donors (Lipinski definition) is 1. The molecule has 5 heteroatoms. The molecular formula is C14H10BrFN2S. The van der Waals surface area contributed by atoms with E-state index in [0.29, 0.717) is 9.24 Å². The van der Waals surface area contributed by atoms with E-state index >= 15 is 0 Å². The fourth-order valence-corrected chi connectivity index (χ4v) is 2.94. The van der Waals surface area contributed by atoms with Crippen LogP contribution < -0.4 is 0 Å².